The van der Waals surface area contributed by atoms with Gasteiger partial charge in [-0.15, -0.1) is 0 Å². The molecule has 3 heterocycles. The second-order valence-electron chi connectivity index (χ2n) is 6.83. The smallest absolute Gasteiger partial charge is 0.270 e. The van der Waals surface area contributed by atoms with Gasteiger partial charge >= 0.3 is 0 Å². The molecule has 1 amide bonds. The third kappa shape index (κ3) is 2.48. The van der Waals surface area contributed by atoms with Gasteiger partial charge < -0.3 is 14.4 Å². The zero-order chi connectivity index (χ0) is 18.3. The van der Waals surface area contributed by atoms with Crippen LogP contribution >= 0.6 is 0 Å². The van der Waals surface area contributed by atoms with Crippen molar-refractivity contribution >= 4 is 22.5 Å². The van der Waals surface area contributed by atoms with E-state index in [1.165, 1.54) is 0 Å². The maximum Gasteiger partial charge on any atom is 0.270 e. The van der Waals surface area contributed by atoms with Crippen LogP contribution in [0.4, 0.5) is 5.69 Å². The van der Waals surface area contributed by atoms with Crippen molar-refractivity contribution in [3.63, 3.8) is 0 Å². The lowest BCUT2D eigenvalue weighted by Gasteiger charge is -2.38. The molecule has 0 aliphatic carbocycles. The number of rotatable bonds is 2. The predicted octanol–water partition coefficient (Wildman–Crippen LogP) is 1.78. The molecule has 26 heavy (non-hydrogen) atoms. The normalized spacial score (nSPS) is 17.9. The minimum Gasteiger partial charge on any atom is -0.370 e. The Bertz CT molecular complexity index is 1010. The molecule has 4 rings (SSSR count). The number of aryl methyl sites for hydroxylation is 1. The van der Waals surface area contributed by atoms with Crippen LogP contribution in [0.5, 0.6) is 0 Å². The van der Waals surface area contributed by atoms with Gasteiger partial charge in [0.15, 0.2) is 0 Å². The number of para-hydroxylation sites is 1. The summed E-state index contributed by atoms with van der Waals surface area (Å²) in [6.07, 6.45) is 5.20. The van der Waals surface area contributed by atoms with Gasteiger partial charge in [0.1, 0.15) is 11.6 Å². The van der Waals surface area contributed by atoms with Crippen LogP contribution in [0.25, 0.3) is 10.9 Å². The molecule has 1 aromatic carbocycles. The summed E-state index contributed by atoms with van der Waals surface area (Å²) < 4.78 is 1.54. The quantitative estimate of drug-likeness (QED) is 0.829. The van der Waals surface area contributed by atoms with Crippen molar-refractivity contribution in [2.45, 2.75) is 18.9 Å². The second-order valence-corrected chi connectivity index (χ2v) is 6.83. The van der Waals surface area contributed by atoms with Gasteiger partial charge in [-0.2, -0.15) is 5.26 Å². The largest absolute Gasteiger partial charge is 0.370 e. The third-order valence-electron chi connectivity index (χ3n) is 5.45. The summed E-state index contributed by atoms with van der Waals surface area (Å²) >= 11 is 0. The van der Waals surface area contributed by atoms with E-state index in [0.29, 0.717) is 6.54 Å². The van der Waals surface area contributed by atoms with Gasteiger partial charge in [-0.05, 0) is 18.9 Å². The Morgan fingerprint density at radius 3 is 2.54 bits per heavy atom. The molecule has 2 aromatic rings. The first-order chi connectivity index (χ1) is 12.6. The summed E-state index contributed by atoms with van der Waals surface area (Å²) in [7, 11) is 1.70. The first-order valence-corrected chi connectivity index (χ1v) is 8.85. The Balaban J connectivity index is 1.70. The van der Waals surface area contributed by atoms with Crippen LogP contribution in [0.1, 0.15) is 18.4 Å². The van der Waals surface area contributed by atoms with Crippen LogP contribution in [-0.2, 0) is 11.8 Å². The van der Waals surface area contributed by atoms with E-state index in [1.54, 1.807) is 17.7 Å². The van der Waals surface area contributed by atoms with Crippen molar-refractivity contribution < 1.29 is 4.79 Å². The molecule has 0 spiro atoms. The highest BCUT2D eigenvalue weighted by Gasteiger charge is 2.30. The molecule has 6 heteroatoms. The maximum absolute atomic E-state index is 12.6. The minimum absolute atomic E-state index is 0.0835. The van der Waals surface area contributed by atoms with Gasteiger partial charge in [-0.3, -0.25) is 9.59 Å². The average molecular weight is 348 g/mol. The van der Waals surface area contributed by atoms with Gasteiger partial charge in [0, 0.05) is 44.2 Å². The molecule has 0 unspecified atom stereocenters. The number of piperidine rings is 1. The zero-order valence-electron chi connectivity index (χ0n) is 14.7. The first kappa shape index (κ1) is 16.4. The van der Waals surface area contributed by atoms with E-state index in [0.717, 1.165) is 42.5 Å². The highest BCUT2D eigenvalue weighted by molar-refractivity contribution is 5.95. The van der Waals surface area contributed by atoms with Crippen molar-refractivity contribution in [1.29, 1.82) is 5.26 Å². The maximum atomic E-state index is 12.6. The predicted molar refractivity (Wildman–Crippen MR) is 100.0 cm³/mol. The van der Waals surface area contributed by atoms with E-state index >= 15 is 0 Å². The third-order valence-corrected chi connectivity index (χ3v) is 5.45. The molecule has 0 atom stereocenters. The number of hydrogen-bond donors (Lipinski definition) is 0. The number of anilines is 1. The molecule has 132 valence electrons. The molecule has 0 bridgehead atoms. The zero-order valence-corrected chi connectivity index (χ0v) is 14.7. The molecule has 1 saturated heterocycles. The summed E-state index contributed by atoms with van der Waals surface area (Å²) in [5.41, 5.74) is 1.49. The molecular formula is C20H20N4O2. The molecule has 1 aromatic heterocycles. The number of carbonyl (C=O) groups excluding carboxylic acids is 1. The van der Waals surface area contributed by atoms with E-state index in [4.69, 9.17) is 0 Å². The van der Waals surface area contributed by atoms with E-state index in [1.807, 2.05) is 35.2 Å². The van der Waals surface area contributed by atoms with E-state index in [9.17, 15) is 14.9 Å². The number of pyridine rings is 1. The Morgan fingerprint density at radius 1 is 1.15 bits per heavy atom. The van der Waals surface area contributed by atoms with E-state index in [2.05, 4.69) is 11.0 Å². The molecular weight excluding hydrogens is 328 g/mol. The summed E-state index contributed by atoms with van der Waals surface area (Å²) in [5.74, 6) is 0.0835. The van der Waals surface area contributed by atoms with Crippen LogP contribution in [0.15, 0.2) is 41.2 Å². The highest BCUT2D eigenvalue weighted by atomic mass is 16.2. The lowest BCUT2D eigenvalue weighted by Crippen LogP contribution is -2.46. The van der Waals surface area contributed by atoms with Gasteiger partial charge in [-0.25, -0.2) is 0 Å². The first-order valence-electron chi connectivity index (χ1n) is 8.85. The Morgan fingerprint density at radius 2 is 1.88 bits per heavy atom. The van der Waals surface area contributed by atoms with Crippen molar-refractivity contribution in [2.24, 2.45) is 7.05 Å². The molecule has 1 fully saturated rings. The molecule has 0 radical (unpaired) electrons. The highest BCUT2D eigenvalue weighted by Crippen LogP contribution is 2.31. The summed E-state index contributed by atoms with van der Waals surface area (Å²) in [6, 6.07) is 10.0. The molecule has 2 aliphatic heterocycles. The van der Waals surface area contributed by atoms with Crippen molar-refractivity contribution in [3.05, 3.63) is 52.3 Å². The van der Waals surface area contributed by atoms with Crippen molar-refractivity contribution in [3.8, 4) is 6.07 Å². The van der Waals surface area contributed by atoms with Gasteiger partial charge in [-0.1, -0.05) is 24.3 Å². The Kier molecular flexibility index (Phi) is 4.00. The lowest BCUT2D eigenvalue weighted by atomic mass is 10.00. The van der Waals surface area contributed by atoms with Gasteiger partial charge in [0.25, 0.3) is 5.56 Å². The molecule has 2 aliphatic rings. The lowest BCUT2D eigenvalue weighted by molar-refractivity contribution is -0.126. The summed E-state index contributed by atoms with van der Waals surface area (Å²) in [5, 5.41) is 10.5. The topological polar surface area (TPSA) is 69.3 Å². The number of hydrogen-bond acceptors (Lipinski definition) is 4. The van der Waals surface area contributed by atoms with Crippen LogP contribution in [0.2, 0.25) is 0 Å². The van der Waals surface area contributed by atoms with E-state index < -0.39 is 0 Å². The Labute approximate surface area is 151 Å². The number of nitrogens with zero attached hydrogens (tertiary/aromatic N) is 4. The minimum atomic E-state index is -0.262. The monoisotopic (exact) mass is 348 g/mol. The molecule has 0 saturated carbocycles. The van der Waals surface area contributed by atoms with Crippen LogP contribution in [-0.4, -0.2) is 41.1 Å². The van der Waals surface area contributed by atoms with Crippen LogP contribution in [0.3, 0.4) is 0 Å². The number of aromatic nitrogens is 1. The summed E-state index contributed by atoms with van der Waals surface area (Å²) in [4.78, 5) is 28.6. The van der Waals surface area contributed by atoms with Crippen LogP contribution < -0.4 is 10.5 Å². The Hall–Kier alpha value is -3.07. The second kappa shape index (κ2) is 6.34. The van der Waals surface area contributed by atoms with E-state index in [-0.39, 0.29) is 23.1 Å². The fourth-order valence-electron chi connectivity index (χ4n) is 4.09. The summed E-state index contributed by atoms with van der Waals surface area (Å²) in [6.45, 7) is 2.13. The number of amides is 1. The SMILES string of the molecule is Cn1c(=O)c(C#N)c(N2CCC(N3CC=CC3=O)CC2)c2ccccc21. The number of benzene rings is 1. The van der Waals surface area contributed by atoms with Crippen LogP contribution in [0, 0.1) is 11.3 Å². The van der Waals surface area contributed by atoms with Gasteiger partial charge in [0.05, 0.1) is 11.2 Å². The fourth-order valence-corrected chi connectivity index (χ4v) is 4.09. The van der Waals surface area contributed by atoms with Gasteiger partial charge in [0.2, 0.25) is 5.91 Å². The fraction of sp³-hybridized carbons (Fsp3) is 0.350. The standard InChI is InChI=1S/C20H20N4O2/c1-22-17-6-3-2-5-15(17)19(16(13-21)20(22)26)23-11-8-14(9-12-23)24-10-4-7-18(24)25/h2-7,14H,8-12H2,1H3. The number of carbonyl (C=O) groups is 1. The molecule has 6 nitrogen and oxygen atoms in total. The average Bonchev–Trinajstić information content (AvgIpc) is 3.10. The molecule has 0 N–H and O–H groups in total. The number of fused-ring (bicyclic) bond motifs is 1. The number of nitriles is 1. The van der Waals surface area contributed by atoms with Crippen molar-refractivity contribution in [1.82, 2.24) is 9.47 Å². The van der Waals surface area contributed by atoms with Crippen molar-refractivity contribution in [2.75, 3.05) is 24.5 Å².